The molecule has 104 valence electrons. The Kier molecular flexibility index (Phi) is 4.77. The van der Waals surface area contributed by atoms with Crippen LogP contribution in [0.15, 0.2) is 48.5 Å². The Morgan fingerprint density at radius 1 is 1.15 bits per heavy atom. The summed E-state index contributed by atoms with van der Waals surface area (Å²) in [5.41, 5.74) is 3.15. The number of nitrogens with one attached hydrogen (secondary N) is 1. The number of hydrogen-bond donors (Lipinski definition) is 1. The molecule has 0 aliphatic carbocycles. The van der Waals surface area contributed by atoms with Crippen LogP contribution in [0.3, 0.4) is 0 Å². The third-order valence-corrected chi connectivity index (χ3v) is 3.01. The van der Waals surface area contributed by atoms with Gasteiger partial charge in [-0.05, 0) is 48.7 Å². The van der Waals surface area contributed by atoms with Crippen LogP contribution in [-0.4, -0.2) is 12.5 Å². The summed E-state index contributed by atoms with van der Waals surface area (Å²) >= 11 is 0. The molecule has 3 heteroatoms. The maximum Gasteiger partial charge on any atom is 0.262 e. The normalized spacial score (nSPS) is 10.1. The molecule has 3 nitrogen and oxygen atoms in total. The molecule has 1 N–H and O–H groups in total. The van der Waals surface area contributed by atoms with Crippen LogP contribution in [0.5, 0.6) is 5.75 Å². The van der Waals surface area contributed by atoms with Gasteiger partial charge in [-0.15, -0.1) is 0 Å². The van der Waals surface area contributed by atoms with Gasteiger partial charge in [0, 0.05) is 5.69 Å². The molecule has 2 aromatic rings. The molecule has 0 bridgehead atoms. The highest BCUT2D eigenvalue weighted by molar-refractivity contribution is 5.91. The van der Waals surface area contributed by atoms with Crippen LogP contribution in [0.4, 0.5) is 5.69 Å². The van der Waals surface area contributed by atoms with E-state index in [4.69, 9.17) is 4.74 Å². The van der Waals surface area contributed by atoms with Gasteiger partial charge in [0.25, 0.3) is 5.91 Å². The lowest BCUT2D eigenvalue weighted by atomic mass is 10.1. The number of aryl methyl sites for hydroxylation is 2. The van der Waals surface area contributed by atoms with E-state index in [1.54, 1.807) is 0 Å². The first-order chi connectivity index (χ1) is 9.67. The van der Waals surface area contributed by atoms with Crippen LogP contribution < -0.4 is 10.1 Å². The number of ether oxygens (including phenoxy) is 1. The molecule has 1 amide bonds. The van der Waals surface area contributed by atoms with Crippen LogP contribution in [-0.2, 0) is 11.2 Å². The summed E-state index contributed by atoms with van der Waals surface area (Å²) in [6, 6.07) is 15.5. The number of anilines is 1. The molecule has 0 aliphatic heterocycles. The van der Waals surface area contributed by atoms with Gasteiger partial charge in [0.1, 0.15) is 5.75 Å². The summed E-state index contributed by atoms with van der Waals surface area (Å²) in [7, 11) is 0. The van der Waals surface area contributed by atoms with E-state index in [9.17, 15) is 4.79 Å². The topological polar surface area (TPSA) is 38.3 Å². The molecule has 0 atom stereocenters. The van der Waals surface area contributed by atoms with E-state index in [0.29, 0.717) is 5.75 Å². The van der Waals surface area contributed by atoms with Crippen LogP contribution >= 0.6 is 0 Å². The van der Waals surface area contributed by atoms with Crippen molar-refractivity contribution < 1.29 is 9.53 Å². The molecule has 0 unspecified atom stereocenters. The zero-order valence-electron chi connectivity index (χ0n) is 11.8. The summed E-state index contributed by atoms with van der Waals surface area (Å²) in [6.07, 6.45) is 0.991. The fraction of sp³-hybridized carbons (Fsp3) is 0.235. The zero-order valence-corrected chi connectivity index (χ0v) is 11.8. The third-order valence-electron chi connectivity index (χ3n) is 3.01. The van der Waals surface area contributed by atoms with Gasteiger partial charge in [0.15, 0.2) is 6.61 Å². The monoisotopic (exact) mass is 269 g/mol. The molecule has 0 aliphatic rings. The predicted octanol–water partition coefficient (Wildman–Crippen LogP) is 3.57. The maximum absolute atomic E-state index is 11.8. The van der Waals surface area contributed by atoms with Crippen molar-refractivity contribution in [3.05, 3.63) is 59.7 Å². The smallest absolute Gasteiger partial charge is 0.262 e. The van der Waals surface area contributed by atoms with E-state index in [1.165, 1.54) is 5.56 Å². The number of benzene rings is 2. The minimum Gasteiger partial charge on any atom is -0.484 e. The van der Waals surface area contributed by atoms with Crippen LogP contribution in [0.2, 0.25) is 0 Å². The van der Waals surface area contributed by atoms with Crippen molar-refractivity contribution >= 4 is 11.6 Å². The lowest BCUT2D eigenvalue weighted by Crippen LogP contribution is -2.20. The first-order valence-electron chi connectivity index (χ1n) is 6.75. The van der Waals surface area contributed by atoms with Gasteiger partial charge in [-0.1, -0.05) is 31.2 Å². The highest BCUT2D eigenvalue weighted by Crippen LogP contribution is 2.13. The van der Waals surface area contributed by atoms with Crippen LogP contribution in [0, 0.1) is 6.92 Å². The highest BCUT2D eigenvalue weighted by Gasteiger charge is 2.03. The van der Waals surface area contributed by atoms with Gasteiger partial charge in [-0.25, -0.2) is 0 Å². The molecule has 0 heterocycles. The Labute approximate surface area is 119 Å². The van der Waals surface area contributed by atoms with Crippen molar-refractivity contribution in [3.63, 3.8) is 0 Å². The van der Waals surface area contributed by atoms with E-state index >= 15 is 0 Å². The number of carbonyl (C=O) groups excluding carboxylic acids is 1. The molecule has 0 saturated heterocycles. The van der Waals surface area contributed by atoms with Crippen molar-refractivity contribution in [1.29, 1.82) is 0 Å². The van der Waals surface area contributed by atoms with Crippen molar-refractivity contribution in [2.24, 2.45) is 0 Å². The summed E-state index contributed by atoms with van der Waals surface area (Å²) < 4.78 is 5.45. The first kappa shape index (κ1) is 14.1. The average molecular weight is 269 g/mol. The maximum atomic E-state index is 11.8. The number of rotatable bonds is 5. The molecular formula is C17H19NO2. The Morgan fingerprint density at radius 3 is 2.55 bits per heavy atom. The fourth-order valence-corrected chi connectivity index (χ4v) is 1.87. The Hall–Kier alpha value is -2.29. The standard InChI is InChI=1S/C17H19NO2/c1-3-14-7-9-15(10-8-14)18-17(19)12-20-16-6-4-5-13(2)11-16/h4-11H,3,12H2,1-2H3,(H,18,19). The number of carbonyl (C=O) groups is 1. The molecule has 0 spiro atoms. The van der Waals surface area contributed by atoms with Gasteiger partial charge in [-0.2, -0.15) is 0 Å². The second-order valence-corrected chi connectivity index (χ2v) is 4.70. The Morgan fingerprint density at radius 2 is 1.90 bits per heavy atom. The largest absolute Gasteiger partial charge is 0.484 e. The van der Waals surface area contributed by atoms with E-state index in [1.807, 2.05) is 55.5 Å². The molecule has 0 radical (unpaired) electrons. The number of amides is 1. The van der Waals surface area contributed by atoms with E-state index < -0.39 is 0 Å². The Balaban J connectivity index is 1.85. The molecule has 0 aromatic heterocycles. The fourth-order valence-electron chi connectivity index (χ4n) is 1.87. The van der Waals surface area contributed by atoms with Crippen molar-refractivity contribution in [2.45, 2.75) is 20.3 Å². The second-order valence-electron chi connectivity index (χ2n) is 4.70. The minimum atomic E-state index is -0.157. The Bertz CT molecular complexity index is 576. The van der Waals surface area contributed by atoms with E-state index in [0.717, 1.165) is 17.7 Å². The summed E-state index contributed by atoms with van der Waals surface area (Å²) in [5, 5.41) is 2.81. The van der Waals surface area contributed by atoms with Gasteiger partial charge in [-0.3, -0.25) is 4.79 Å². The van der Waals surface area contributed by atoms with Crippen LogP contribution in [0.25, 0.3) is 0 Å². The molecule has 2 rings (SSSR count). The average Bonchev–Trinajstić information content (AvgIpc) is 2.46. The minimum absolute atomic E-state index is 0.0129. The van der Waals surface area contributed by atoms with E-state index in [-0.39, 0.29) is 12.5 Å². The lowest BCUT2D eigenvalue weighted by Gasteiger charge is -2.08. The molecule has 0 fully saturated rings. The molecule has 20 heavy (non-hydrogen) atoms. The molecule has 0 saturated carbocycles. The highest BCUT2D eigenvalue weighted by atomic mass is 16.5. The van der Waals surface area contributed by atoms with Crippen molar-refractivity contribution in [1.82, 2.24) is 0 Å². The first-order valence-corrected chi connectivity index (χ1v) is 6.75. The predicted molar refractivity (Wildman–Crippen MR) is 81.1 cm³/mol. The SMILES string of the molecule is CCc1ccc(NC(=O)COc2cccc(C)c2)cc1. The third kappa shape index (κ3) is 4.12. The number of hydrogen-bond acceptors (Lipinski definition) is 2. The van der Waals surface area contributed by atoms with Gasteiger partial charge in [0.2, 0.25) is 0 Å². The quantitative estimate of drug-likeness (QED) is 0.901. The summed E-state index contributed by atoms with van der Waals surface area (Å²) in [5.74, 6) is 0.553. The summed E-state index contributed by atoms with van der Waals surface area (Å²) in [4.78, 5) is 11.8. The zero-order chi connectivity index (χ0) is 14.4. The molecule has 2 aromatic carbocycles. The van der Waals surface area contributed by atoms with Gasteiger partial charge < -0.3 is 10.1 Å². The van der Waals surface area contributed by atoms with Crippen molar-refractivity contribution in [2.75, 3.05) is 11.9 Å². The van der Waals surface area contributed by atoms with Crippen LogP contribution in [0.1, 0.15) is 18.1 Å². The van der Waals surface area contributed by atoms with Gasteiger partial charge >= 0.3 is 0 Å². The van der Waals surface area contributed by atoms with Crippen molar-refractivity contribution in [3.8, 4) is 5.75 Å². The van der Waals surface area contributed by atoms with E-state index in [2.05, 4.69) is 12.2 Å². The van der Waals surface area contributed by atoms with Gasteiger partial charge in [0.05, 0.1) is 0 Å². The summed E-state index contributed by atoms with van der Waals surface area (Å²) in [6.45, 7) is 4.10. The second kappa shape index (κ2) is 6.75. The molecular weight excluding hydrogens is 250 g/mol. The lowest BCUT2D eigenvalue weighted by molar-refractivity contribution is -0.118.